The van der Waals surface area contributed by atoms with E-state index < -0.39 is 0 Å². The van der Waals surface area contributed by atoms with Crippen molar-refractivity contribution in [3.8, 4) is 5.69 Å². The van der Waals surface area contributed by atoms with Crippen LogP contribution in [0.25, 0.3) is 47.7 Å². The van der Waals surface area contributed by atoms with Gasteiger partial charge in [0.05, 0.1) is 11.0 Å². The Hall–Kier alpha value is -6.62. The van der Waals surface area contributed by atoms with Gasteiger partial charge in [0.1, 0.15) is 0 Å². The minimum absolute atomic E-state index is 1.11. The molecule has 0 amide bonds. The van der Waals surface area contributed by atoms with Crippen LogP contribution in [-0.2, 0) is 0 Å². The first-order valence-electron chi connectivity index (χ1n) is 18.0. The van der Waals surface area contributed by atoms with Crippen molar-refractivity contribution >= 4 is 87.4 Å². The summed E-state index contributed by atoms with van der Waals surface area (Å²) in [5, 5.41) is 5.19. The summed E-state index contributed by atoms with van der Waals surface area (Å²) in [6, 6.07) is 69.8. The zero-order chi connectivity index (χ0) is 35.3. The fourth-order valence-corrected chi connectivity index (χ4v) is 9.18. The van der Waals surface area contributed by atoms with E-state index in [0.717, 1.165) is 39.8 Å². The second-order valence-corrected chi connectivity index (χ2v) is 14.5. The number of nitrogens with zero attached hydrogens (tertiary/aromatic N) is 3. The molecule has 2 heterocycles. The van der Waals surface area contributed by atoms with Gasteiger partial charge in [0.15, 0.2) is 0 Å². The van der Waals surface area contributed by atoms with Gasteiger partial charge in [-0.2, -0.15) is 0 Å². The summed E-state index contributed by atoms with van der Waals surface area (Å²) in [6.45, 7) is 2.22. The number of aryl methyl sites for hydroxylation is 1. The molecule has 0 saturated heterocycles. The molecule has 0 bridgehead atoms. The lowest BCUT2D eigenvalue weighted by molar-refractivity contribution is 1.17. The van der Waals surface area contributed by atoms with Crippen molar-refractivity contribution in [1.82, 2.24) is 4.57 Å². The van der Waals surface area contributed by atoms with Crippen LogP contribution in [0.3, 0.4) is 0 Å². The molecule has 0 aliphatic carbocycles. The zero-order valence-corrected chi connectivity index (χ0v) is 30.0. The molecule has 0 radical (unpaired) electrons. The summed E-state index contributed by atoms with van der Waals surface area (Å²) >= 11 is 1.92. The largest absolute Gasteiger partial charge is 0.311 e. The summed E-state index contributed by atoms with van der Waals surface area (Å²) in [5.74, 6) is 0. The van der Waals surface area contributed by atoms with Gasteiger partial charge in [0.2, 0.25) is 0 Å². The standard InChI is InChI=1S/C49H35N3S/c1-34-15-14-24-42-43-31-32-45-47(49(43)53-48(34)42)44-30-29-41(51(37-20-10-4-11-21-37)38-22-12-5-13-23-38)33-46(44)52(45)40-27-25-39(26-28-40)50(35-16-6-2-7-17-35)36-18-8-3-9-19-36/h2-33H,1H3. The molecule has 2 aromatic heterocycles. The summed E-state index contributed by atoms with van der Waals surface area (Å²) in [7, 11) is 0. The van der Waals surface area contributed by atoms with Crippen molar-refractivity contribution in [3.63, 3.8) is 0 Å². The Labute approximate surface area is 312 Å². The third-order valence-electron chi connectivity index (χ3n) is 10.3. The summed E-state index contributed by atoms with van der Waals surface area (Å²) in [5.41, 5.74) is 11.5. The highest BCUT2D eigenvalue weighted by atomic mass is 32.1. The first-order valence-corrected chi connectivity index (χ1v) is 18.8. The Morgan fingerprint density at radius 3 is 1.42 bits per heavy atom. The highest BCUT2D eigenvalue weighted by Gasteiger charge is 2.21. The average Bonchev–Trinajstić information content (AvgIpc) is 3.77. The van der Waals surface area contributed by atoms with Crippen molar-refractivity contribution in [2.45, 2.75) is 6.92 Å². The number of hydrogen-bond acceptors (Lipinski definition) is 3. The fourth-order valence-electron chi connectivity index (χ4n) is 7.86. The quantitative estimate of drug-likeness (QED) is 0.164. The second-order valence-electron chi connectivity index (χ2n) is 13.5. The van der Waals surface area contributed by atoms with Gasteiger partial charge >= 0.3 is 0 Å². The third-order valence-corrected chi connectivity index (χ3v) is 11.6. The fraction of sp³-hybridized carbons (Fsp3) is 0.0204. The van der Waals surface area contributed by atoms with Crippen molar-refractivity contribution in [3.05, 3.63) is 200 Å². The minimum Gasteiger partial charge on any atom is -0.311 e. The van der Waals surface area contributed by atoms with E-state index in [9.17, 15) is 0 Å². The molecule has 0 aliphatic rings. The maximum atomic E-state index is 2.46. The first kappa shape index (κ1) is 31.1. The van der Waals surface area contributed by atoms with Gasteiger partial charge in [0, 0.05) is 70.8 Å². The molecule has 0 N–H and O–H groups in total. The number of benzene rings is 8. The van der Waals surface area contributed by atoms with Crippen LogP contribution >= 0.6 is 11.3 Å². The smallest absolute Gasteiger partial charge is 0.0562 e. The van der Waals surface area contributed by atoms with Crippen molar-refractivity contribution in [2.24, 2.45) is 0 Å². The van der Waals surface area contributed by atoms with Gasteiger partial charge < -0.3 is 14.4 Å². The minimum atomic E-state index is 1.11. The van der Waals surface area contributed by atoms with Crippen LogP contribution in [0, 0.1) is 6.92 Å². The molecule has 53 heavy (non-hydrogen) atoms. The lowest BCUT2D eigenvalue weighted by atomic mass is 10.1. The van der Waals surface area contributed by atoms with E-state index in [-0.39, 0.29) is 0 Å². The number of fused-ring (bicyclic) bond motifs is 7. The predicted molar refractivity (Wildman–Crippen MR) is 228 cm³/mol. The SMILES string of the molecule is Cc1cccc2c1sc1c2ccc2c1c1ccc(N(c3ccccc3)c3ccccc3)cc1n2-c1ccc(N(c2ccccc2)c2ccccc2)cc1. The maximum Gasteiger partial charge on any atom is 0.0562 e. The Kier molecular flexibility index (Phi) is 7.55. The van der Waals surface area contributed by atoms with Gasteiger partial charge in [-0.05, 0) is 103 Å². The van der Waals surface area contributed by atoms with E-state index in [4.69, 9.17) is 0 Å². The molecule has 0 spiro atoms. The van der Waals surface area contributed by atoms with Gasteiger partial charge in [-0.3, -0.25) is 0 Å². The number of thiophene rings is 1. The molecule has 252 valence electrons. The molecular weight excluding hydrogens is 663 g/mol. The number of anilines is 6. The molecule has 0 unspecified atom stereocenters. The average molecular weight is 698 g/mol. The van der Waals surface area contributed by atoms with E-state index in [1.165, 1.54) is 47.5 Å². The summed E-state index contributed by atoms with van der Waals surface area (Å²) in [6.07, 6.45) is 0. The van der Waals surface area contributed by atoms with Crippen LogP contribution in [0.5, 0.6) is 0 Å². The molecule has 10 rings (SSSR count). The molecule has 3 nitrogen and oxygen atoms in total. The van der Waals surface area contributed by atoms with E-state index in [1.54, 1.807) is 0 Å². The van der Waals surface area contributed by atoms with Gasteiger partial charge in [0.25, 0.3) is 0 Å². The lowest BCUT2D eigenvalue weighted by Crippen LogP contribution is -2.10. The highest BCUT2D eigenvalue weighted by Crippen LogP contribution is 2.46. The molecule has 0 atom stereocenters. The van der Waals surface area contributed by atoms with E-state index in [1.807, 2.05) is 11.3 Å². The third kappa shape index (κ3) is 5.26. The number of aromatic nitrogens is 1. The lowest BCUT2D eigenvalue weighted by Gasteiger charge is -2.26. The number of hydrogen-bond donors (Lipinski definition) is 0. The van der Waals surface area contributed by atoms with Crippen LogP contribution in [0.15, 0.2) is 194 Å². The molecule has 0 fully saturated rings. The zero-order valence-electron chi connectivity index (χ0n) is 29.2. The topological polar surface area (TPSA) is 11.4 Å². The van der Waals surface area contributed by atoms with Crippen molar-refractivity contribution in [2.75, 3.05) is 9.80 Å². The molecule has 0 saturated carbocycles. The Morgan fingerprint density at radius 2 is 0.849 bits per heavy atom. The number of para-hydroxylation sites is 4. The Morgan fingerprint density at radius 1 is 0.377 bits per heavy atom. The van der Waals surface area contributed by atoms with Gasteiger partial charge in [-0.1, -0.05) is 103 Å². The number of rotatable bonds is 7. The molecule has 8 aromatic carbocycles. The van der Waals surface area contributed by atoms with Crippen molar-refractivity contribution in [1.29, 1.82) is 0 Å². The van der Waals surface area contributed by atoms with E-state index in [2.05, 4.69) is 215 Å². The predicted octanol–water partition coefficient (Wildman–Crippen LogP) is 14.4. The van der Waals surface area contributed by atoms with Crippen molar-refractivity contribution < 1.29 is 0 Å². The Balaban J connectivity index is 1.22. The van der Waals surface area contributed by atoms with Crippen LogP contribution in [0.1, 0.15) is 5.56 Å². The van der Waals surface area contributed by atoms with Crippen LogP contribution in [0.2, 0.25) is 0 Å². The van der Waals surface area contributed by atoms with Gasteiger partial charge in [-0.15, -0.1) is 11.3 Å². The maximum absolute atomic E-state index is 2.46. The Bertz CT molecular complexity index is 2800. The second kappa shape index (κ2) is 12.9. The molecule has 10 aromatic rings. The van der Waals surface area contributed by atoms with E-state index >= 15 is 0 Å². The van der Waals surface area contributed by atoms with Crippen LogP contribution < -0.4 is 9.80 Å². The molecule has 0 aliphatic heterocycles. The monoisotopic (exact) mass is 697 g/mol. The highest BCUT2D eigenvalue weighted by molar-refractivity contribution is 7.27. The first-order chi connectivity index (χ1) is 26.2. The normalized spacial score (nSPS) is 11.5. The van der Waals surface area contributed by atoms with E-state index in [0.29, 0.717) is 0 Å². The van der Waals surface area contributed by atoms with Crippen LogP contribution in [0.4, 0.5) is 34.1 Å². The van der Waals surface area contributed by atoms with Gasteiger partial charge in [-0.25, -0.2) is 0 Å². The summed E-state index contributed by atoms with van der Waals surface area (Å²) < 4.78 is 5.15. The molecular formula is C49H35N3S. The van der Waals surface area contributed by atoms with Crippen LogP contribution in [-0.4, -0.2) is 4.57 Å². The summed E-state index contributed by atoms with van der Waals surface area (Å²) in [4.78, 5) is 4.66. The molecule has 4 heteroatoms.